The molecule has 6 heteroatoms. The Balaban J connectivity index is 1.35. The molecule has 0 aromatic heterocycles. The second-order valence-corrected chi connectivity index (χ2v) is 8.54. The summed E-state index contributed by atoms with van der Waals surface area (Å²) in [7, 11) is 3.84. The fourth-order valence-corrected chi connectivity index (χ4v) is 4.91. The molecule has 0 aliphatic carbocycles. The Morgan fingerprint density at radius 2 is 1.89 bits per heavy atom. The van der Waals surface area contributed by atoms with Crippen molar-refractivity contribution in [1.82, 2.24) is 14.7 Å². The third-order valence-corrected chi connectivity index (χ3v) is 6.80. The highest BCUT2D eigenvalue weighted by molar-refractivity contribution is 5.94. The van der Waals surface area contributed by atoms with Crippen LogP contribution in [-0.4, -0.2) is 92.3 Å². The minimum Gasteiger partial charge on any atom is -0.497 e. The average molecular weight is 388 g/mol. The van der Waals surface area contributed by atoms with Gasteiger partial charge >= 0.3 is 0 Å². The predicted octanol–water partition coefficient (Wildman–Crippen LogP) is 2.10. The summed E-state index contributed by atoms with van der Waals surface area (Å²) >= 11 is 0. The van der Waals surface area contributed by atoms with Crippen molar-refractivity contribution >= 4 is 5.91 Å². The highest BCUT2D eigenvalue weighted by Crippen LogP contribution is 2.37. The molecule has 3 aliphatic rings. The number of ether oxygens (including phenoxy) is 2. The zero-order valence-corrected chi connectivity index (χ0v) is 17.2. The number of likely N-dealkylation sites (N-methyl/N-ethyl adjacent to an activating group) is 1. The number of carbonyl (C=O) groups excluding carboxylic acids is 1. The molecular weight excluding hydrogens is 354 g/mol. The highest BCUT2D eigenvalue weighted by atomic mass is 16.5. The minimum atomic E-state index is -0.0442. The number of likely N-dealkylation sites (tertiary alicyclic amines) is 1. The highest BCUT2D eigenvalue weighted by Gasteiger charge is 2.42. The van der Waals surface area contributed by atoms with E-state index in [0.29, 0.717) is 11.6 Å². The average Bonchev–Trinajstić information content (AvgIpc) is 2.74. The Hall–Kier alpha value is -1.63. The molecular formula is C22H33N3O3. The van der Waals surface area contributed by atoms with Gasteiger partial charge in [0, 0.05) is 57.5 Å². The topological polar surface area (TPSA) is 45.2 Å². The van der Waals surface area contributed by atoms with E-state index in [4.69, 9.17) is 9.47 Å². The molecule has 1 aromatic rings. The number of benzene rings is 1. The van der Waals surface area contributed by atoms with Crippen LogP contribution in [0.5, 0.6) is 5.75 Å². The van der Waals surface area contributed by atoms with Gasteiger partial charge < -0.3 is 19.3 Å². The van der Waals surface area contributed by atoms with Crippen molar-refractivity contribution in [3.63, 3.8) is 0 Å². The molecule has 0 N–H and O–H groups in total. The van der Waals surface area contributed by atoms with Crippen LogP contribution in [0.25, 0.3) is 0 Å². The molecule has 0 radical (unpaired) electrons. The monoisotopic (exact) mass is 387 g/mol. The van der Waals surface area contributed by atoms with Crippen molar-refractivity contribution in [3.8, 4) is 5.75 Å². The number of rotatable bonds is 3. The van der Waals surface area contributed by atoms with Crippen LogP contribution >= 0.6 is 0 Å². The van der Waals surface area contributed by atoms with Crippen LogP contribution in [-0.2, 0) is 4.74 Å². The Labute approximate surface area is 168 Å². The molecule has 28 heavy (non-hydrogen) atoms. The van der Waals surface area contributed by atoms with Crippen molar-refractivity contribution in [3.05, 3.63) is 29.8 Å². The Morgan fingerprint density at radius 1 is 1.14 bits per heavy atom. The first kappa shape index (κ1) is 19.7. The number of amides is 1. The van der Waals surface area contributed by atoms with Crippen molar-refractivity contribution in [2.75, 3.05) is 60.0 Å². The number of carbonyl (C=O) groups is 1. The van der Waals surface area contributed by atoms with Gasteiger partial charge in [-0.15, -0.1) is 0 Å². The summed E-state index contributed by atoms with van der Waals surface area (Å²) in [6, 6.07) is 8.07. The third kappa shape index (κ3) is 4.19. The summed E-state index contributed by atoms with van der Waals surface area (Å²) in [5.41, 5.74) is 0.660. The van der Waals surface area contributed by atoms with E-state index in [1.165, 1.54) is 0 Å². The van der Waals surface area contributed by atoms with Crippen molar-refractivity contribution in [2.45, 2.75) is 37.3 Å². The summed E-state index contributed by atoms with van der Waals surface area (Å²) in [5.74, 6) is 0.824. The Bertz CT molecular complexity index is 679. The van der Waals surface area contributed by atoms with Gasteiger partial charge in [-0.05, 0) is 50.9 Å². The van der Waals surface area contributed by atoms with E-state index in [9.17, 15) is 4.79 Å². The summed E-state index contributed by atoms with van der Waals surface area (Å²) in [5, 5.41) is 0. The number of piperidine rings is 1. The molecule has 3 aliphatic heterocycles. The van der Waals surface area contributed by atoms with E-state index in [2.05, 4.69) is 16.8 Å². The van der Waals surface area contributed by atoms with Gasteiger partial charge in [0.2, 0.25) is 0 Å². The number of hydrogen-bond donors (Lipinski definition) is 0. The van der Waals surface area contributed by atoms with Gasteiger partial charge in [0.1, 0.15) is 5.75 Å². The molecule has 3 heterocycles. The van der Waals surface area contributed by atoms with Crippen molar-refractivity contribution in [2.24, 2.45) is 0 Å². The van der Waals surface area contributed by atoms with E-state index < -0.39 is 0 Å². The molecule has 3 fully saturated rings. The molecule has 0 bridgehead atoms. The van der Waals surface area contributed by atoms with Crippen LogP contribution in [0.15, 0.2) is 24.3 Å². The summed E-state index contributed by atoms with van der Waals surface area (Å²) < 4.78 is 11.6. The van der Waals surface area contributed by atoms with Gasteiger partial charge in [-0.25, -0.2) is 0 Å². The number of nitrogens with zero attached hydrogens (tertiary/aromatic N) is 3. The molecule has 3 saturated heterocycles. The van der Waals surface area contributed by atoms with Crippen LogP contribution < -0.4 is 4.74 Å². The second kappa shape index (κ2) is 8.39. The predicted molar refractivity (Wildman–Crippen MR) is 109 cm³/mol. The minimum absolute atomic E-state index is 0.0442. The molecule has 1 unspecified atom stereocenters. The zero-order chi connectivity index (χ0) is 19.6. The molecule has 1 spiro atoms. The lowest BCUT2D eigenvalue weighted by Crippen LogP contribution is -2.57. The molecule has 154 valence electrons. The number of methoxy groups -OCH3 is 1. The molecule has 1 atom stereocenters. The summed E-state index contributed by atoms with van der Waals surface area (Å²) in [4.78, 5) is 19.9. The SMILES string of the molecule is COc1cccc(C(=O)N2CCC3(CC2)CC(N2CCN(C)CC2)CCO3)c1. The lowest BCUT2D eigenvalue weighted by Gasteiger charge is -2.49. The fraction of sp³-hybridized carbons (Fsp3) is 0.682. The maximum Gasteiger partial charge on any atom is 0.253 e. The lowest BCUT2D eigenvalue weighted by molar-refractivity contribution is -0.132. The smallest absolute Gasteiger partial charge is 0.253 e. The first-order valence-electron chi connectivity index (χ1n) is 10.6. The van der Waals surface area contributed by atoms with Gasteiger partial charge in [-0.3, -0.25) is 9.69 Å². The van der Waals surface area contributed by atoms with Crippen LogP contribution in [0, 0.1) is 0 Å². The standard InChI is InChI=1S/C22H33N3O3/c1-23-11-13-24(14-12-23)19-6-15-28-22(17-19)7-9-25(10-8-22)21(26)18-4-3-5-20(16-18)27-2/h3-5,16,19H,6-15,17H2,1-2H3. The Kier molecular flexibility index (Phi) is 5.90. The normalized spacial score (nSPS) is 26.4. The van der Waals surface area contributed by atoms with E-state index in [1.807, 2.05) is 29.2 Å². The van der Waals surface area contributed by atoms with Gasteiger partial charge in [0.15, 0.2) is 0 Å². The van der Waals surface area contributed by atoms with Crippen molar-refractivity contribution < 1.29 is 14.3 Å². The van der Waals surface area contributed by atoms with Crippen LogP contribution in [0.1, 0.15) is 36.0 Å². The van der Waals surface area contributed by atoms with E-state index in [0.717, 1.165) is 77.3 Å². The molecule has 1 amide bonds. The Morgan fingerprint density at radius 3 is 2.61 bits per heavy atom. The van der Waals surface area contributed by atoms with E-state index >= 15 is 0 Å². The number of piperazine rings is 1. The van der Waals surface area contributed by atoms with E-state index in [-0.39, 0.29) is 11.5 Å². The van der Waals surface area contributed by atoms with Crippen LogP contribution in [0.3, 0.4) is 0 Å². The second-order valence-electron chi connectivity index (χ2n) is 8.54. The zero-order valence-electron chi connectivity index (χ0n) is 17.2. The molecule has 1 aromatic carbocycles. The molecule has 4 rings (SSSR count). The van der Waals surface area contributed by atoms with Crippen molar-refractivity contribution in [1.29, 1.82) is 0 Å². The molecule has 6 nitrogen and oxygen atoms in total. The largest absolute Gasteiger partial charge is 0.497 e. The fourth-order valence-electron chi connectivity index (χ4n) is 4.91. The first-order valence-corrected chi connectivity index (χ1v) is 10.6. The maximum absolute atomic E-state index is 12.9. The molecule has 0 saturated carbocycles. The quantitative estimate of drug-likeness (QED) is 0.795. The summed E-state index contributed by atoms with van der Waals surface area (Å²) in [6.07, 6.45) is 4.12. The van der Waals surface area contributed by atoms with Crippen LogP contribution in [0.4, 0.5) is 0 Å². The van der Waals surface area contributed by atoms with E-state index in [1.54, 1.807) is 7.11 Å². The third-order valence-electron chi connectivity index (χ3n) is 6.80. The lowest BCUT2D eigenvalue weighted by atomic mass is 9.81. The van der Waals surface area contributed by atoms with Gasteiger partial charge in [0.05, 0.1) is 12.7 Å². The van der Waals surface area contributed by atoms with Gasteiger partial charge in [0.25, 0.3) is 5.91 Å². The van der Waals surface area contributed by atoms with Crippen LogP contribution in [0.2, 0.25) is 0 Å². The maximum atomic E-state index is 12.9. The number of hydrogen-bond acceptors (Lipinski definition) is 5. The first-order chi connectivity index (χ1) is 13.6. The summed E-state index contributed by atoms with van der Waals surface area (Å²) in [6.45, 7) is 7.04. The van der Waals surface area contributed by atoms with Gasteiger partial charge in [-0.1, -0.05) is 6.07 Å². The van der Waals surface area contributed by atoms with Gasteiger partial charge in [-0.2, -0.15) is 0 Å².